The van der Waals surface area contributed by atoms with Gasteiger partial charge in [-0.1, -0.05) is 17.3 Å². The highest BCUT2D eigenvalue weighted by atomic mass is 32.1. The van der Waals surface area contributed by atoms with Crippen LogP contribution in [0.5, 0.6) is 5.75 Å². The number of nitrogens with zero attached hydrogens (tertiary/aromatic N) is 1. The van der Waals surface area contributed by atoms with Gasteiger partial charge in [-0.05, 0) is 55.5 Å². The highest BCUT2D eigenvalue weighted by Gasteiger charge is 2.10. The number of amides is 1. The van der Waals surface area contributed by atoms with Crippen molar-refractivity contribution in [2.45, 2.75) is 40.3 Å². The fourth-order valence-corrected chi connectivity index (χ4v) is 3.42. The molecule has 2 aromatic heterocycles. The summed E-state index contributed by atoms with van der Waals surface area (Å²) in [6.07, 6.45) is 0.356. The van der Waals surface area contributed by atoms with Crippen LogP contribution in [0.3, 0.4) is 0 Å². The number of benzene rings is 1. The van der Waals surface area contributed by atoms with Crippen molar-refractivity contribution < 1.29 is 14.1 Å². The predicted octanol–water partition coefficient (Wildman–Crippen LogP) is 4.10. The molecule has 1 amide bonds. The van der Waals surface area contributed by atoms with E-state index >= 15 is 0 Å². The lowest BCUT2D eigenvalue weighted by Crippen LogP contribution is -2.24. The summed E-state index contributed by atoms with van der Waals surface area (Å²) < 4.78 is 10.9. The van der Waals surface area contributed by atoms with Gasteiger partial charge < -0.3 is 14.6 Å². The summed E-state index contributed by atoms with van der Waals surface area (Å²) in [6.45, 7) is 6.83. The van der Waals surface area contributed by atoms with E-state index in [1.54, 1.807) is 11.3 Å². The van der Waals surface area contributed by atoms with Crippen LogP contribution < -0.4 is 10.1 Å². The molecule has 2 heterocycles. The molecule has 1 N–H and O–H groups in total. The summed E-state index contributed by atoms with van der Waals surface area (Å²) in [6, 6.07) is 9.65. The van der Waals surface area contributed by atoms with E-state index in [0.29, 0.717) is 19.6 Å². The molecule has 3 aromatic rings. The van der Waals surface area contributed by atoms with E-state index in [9.17, 15) is 4.79 Å². The van der Waals surface area contributed by atoms with Crippen LogP contribution in [0.1, 0.15) is 33.0 Å². The Morgan fingerprint density at radius 2 is 1.96 bits per heavy atom. The Morgan fingerprint density at radius 3 is 2.58 bits per heavy atom. The molecule has 0 fully saturated rings. The molecule has 0 unspecified atom stereocenters. The monoisotopic (exact) mass is 370 g/mol. The van der Waals surface area contributed by atoms with Gasteiger partial charge >= 0.3 is 0 Å². The van der Waals surface area contributed by atoms with Crippen LogP contribution in [-0.2, 0) is 24.4 Å². The minimum Gasteiger partial charge on any atom is -0.489 e. The number of carbonyl (C=O) groups is 1. The maximum atomic E-state index is 12.1. The van der Waals surface area contributed by atoms with Crippen molar-refractivity contribution in [1.29, 1.82) is 0 Å². The van der Waals surface area contributed by atoms with Gasteiger partial charge in [0, 0.05) is 4.88 Å². The summed E-state index contributed by atoms with van der Waals surface area (Å²) in [7, 11) is 0. The van der Waals surface area contributed by atoms with Gasteiger partial charge in [-0.2, -0.15) is 0 Å². The predicted molar refractivity (Wildman–Crippen MR) is 101 cm³/mol. The lowest BCUT2D eigenvalue weighted by atomic mass is 10.1. The first-order valence-corrected chi connectivity index (χ1v) is 9.34. The summed E-state index contributed by atoms with van der Waals surface area (Å²) in [5.74, 6) is 1.54. The molecule has 0 saturated heterocycles. The number of carbonyl (C=O) groups excluding carboxylic acids is 1. The molecular formula is C20H22N2O3S. The topological polar surface area (TPSA) is 64.4 Å². The maximum absolute atomic E-state index is 12.1. The second kappa shape index (κ2) is 8.19. The van der Waals surface area contributed by atoms with E-state index < -0.39 is 0 Å². The molecule has 3 rings (SSSR count). The van der Waals surface area contributed by atoms with Crippen LogP contribution in [0, 0.1) is 20.8 Å². The molecule has 0 aliphatic rings. The molecule has 5 nitrogen and oxygen atoms in total. The third kappa shape index (κ3) is 4.52. The first-order valence-electron chi connectivity index (χ1n) is 8.46. The smallest absolute Gasteiger partial charge is 0.224 e. The van der Waals surface area contributed by atoms with E-state index in [1.807, 2.05) is 43.5 Å². The average Bonchev–Trinajstić information content (AvgIpc) is 3.18. The number of hydrogen-bond acceptors (Lipinski definition) is 5. The molecule has 136 valence electrons. The van der Waals surface area contributed by atoms with Crippen LogP contribution in [0.25, 0.3) is 0 Å². The highest BCUT2D eigenvalue weighted by molar-refractivity contribution is 7.10. The number of aryl methyl sites for hydroxylation is 3. The van der Waals surface area contributed by atoms with Gasteiger partial charge in [-0.25, -0.2) is 0 Å². The Balaban J connectivity index is 1.49. The van der Waals surface area contributed by atoms with Crippen molar-refractivity contribution in [3.05, 3.63) is 68.7 Å². The van der Waals surface area contributed by atoms with Gasteiger partial charge in [0.05, 0.1) is 24.2 Å². The average molecular weight is 370 g/mol. The first kappa shape index (κ1) is 18.2. The van der Waals surface area contributed by atoms with Crippen molar-refractivity contribution in [1.82, 2.24) is 10.5 Å². The Labute approximate surface area is 157 Å². The van der Waals surface area contributed by atoms with E-state index in [-0.39, 0.29) is 5.91 Å². The number of ether oxygens (including phenoxy) is 1. The fraction of sp³-hybridized carbons (Fsp3) is 0.300. The second-order valence-corrected chi connectivity index (χ2v) is 7.22. The molecule has 0 aliphatic heterocycles. The van der Waals surface area contributed by atoms with Gasteiger partial charge in [0.2, 0.25) is 5.91 Å². The zero-order valence-corrected chi connectivity index (χ0v) is 16.0. The van der Waals surface area contributed by atoms with Crippen LogP contribution in [0.2, 0.25) is 0 Å². The Morgan fingerprint density at radius 1 is 1.19 bits per heavy atom. The van der Waals surface area contributed by atoms with Gasteiger partial charge in [-0.15, -0.1) is 11.3 Å². The molecule has 0 radical (unpaired) electrons. The molecule has 0 spiro atoms. The van der Waals surface area contributed by atoms with Crippen LogP contribution in [-0.4, -0.2) is 11.1 Å². The lowest BCUT2D eigenvalue weighted by Gasteiger charge is -2.08. The van der Waals surface area contributed by atoms with E-state index in [2.05, 4.69) is 23.5 Å². The largest absolute Gasteiger partial charge is 0.489 e. The standard InChI is InChI=1S/C20H22N2O3S/c1-13-8-9-26-19(13)11-21-20(23)10-16-4-6-17(7-5-16)24-12-18-14(2)22-25-15(18)3/h4-9H,10-12H2,1-3H3,(H,21,23). The first-order chi connectivity index (χ1) is 12.5. The third-order valence-corrected chi connectivity index (χ3v) is 5.29. The molecule has 0 saturated carbocycles. The Kier molecular flexibility index (Phi) is 5.73. The summed E-state index contributed by atoms with van der Waals surface area (Å²) in [5, 5.41) is 8.93. The molecule has 6 heteroatoms. The third-order valence-electron chi connectivity index (χ3n) is 4.27. The SMILES string of the molecule is Cc1ccsc1CNC(=O)Cc1ccc(OCc2c(C)noc2C)cc1. The molecule has 26 heavy (non-hydrogen) atoms. The number of hydrogen-bond donors (Lipinski definition) is 1. The quantitative estimate of drug-likeness (QED) is 0.680. The van der Waals surface area contributed by atoms with E-state index in [4.69, 9.17) is 9.26 Å². The normalized spacial score (nSPS) is 10.7. The zero-order chi connectivity index (χ0) is 18.5. The molecular weight excluding hydrogens is 348 g/mol. The molecule has 0 aliphatic carbocycles. The van der Waals surface area contributed by atoms with Crippen LogP contribution >= 0.6 is 11.3 Å². The molecule has 0 bridgehead atoms. The van der Waals surface area contributed by atoms with Crippen molar-refractivity contribution in [3.63, 3.8) is 0 Å². The van der Waals surface area contributed by atoms with Crippen molar-refractivity contribution >= 4 is 17.2 Å². The summed E-state index contributed by atoms with van der Waals surface area (Å²) in [4.78, 5) is 13.3. The Hall–Kier alpha value is -2.60. The zero-order valence-electron chi connectivity index (χ0n) is 15.2. The fourth-order valence-electron chi connectivity index (χ4n) is 2.58. The van der Waals surface area contributed by atoms with Crippen LogP contribution in [0.4, 0.5) is 0 Å². The van der Waals surface area contributed by atoms with Gasteiger partial charge in [0.1, 0.15) is 18.1 Å². The minimum atomic E-state index is 0.0159. The van der Waals surface area contributed by atoms with Crippen molar-refractivity contribution in [2.24, 2.45) is 0 Å². The number of aromatic nitrogens is 1. The van der Waals surface area contributed by atoms with E-state index in [0.717, 1.165) is 28.3 Å². The lowest BCUT2D eigenvalue weighted by molar-refractivity contribution is -0.120. The number of nitrogens with one attached hydrogen (secondary N) is 1. The van der Waals surface area contributed by atoms with Crippen molar-refractivity contribution in [3.8, 4) is 5.75 Å². The summed E-state index contributed by atoms with van der Waals surface area (Å²) >= 11 is 1.66. The van der Waals surface area contributed by atoms with Crippen molar-refractivity contribution in [2.75, 3.05) is 0 Å². The number of thiophene rings is 1. The summed E-state index contributed by atoms with van der Waals surface area (Å²) in [5.41, 5.74) is 3.99. The molecule has 0 atom stereocenters. The Bertz CT molecular complexity index is 861. The number of rotatable bonds is 7. The minimum absolute atomic E-state index is 0.0159. The van der Waals surface area contributed by atoms with Gasteiger partial charge in [0.15, 0.2) is 0 Å². The highest BCUT2D eigenvalue weighted by Crippen LogP contribution is 2.18. The molecule has 1 aromatic carbocycles. The van der Waals surface area contributed by atoms with Crippen LogP contribution in [0.15, 0.2) is 40.2 Å². The van der Waals surface area contributed by atoms with E-state index in [1.165, 1.54) is 10.4 Å². The van der Waals surface area contributed by atoms with Gasteiger partial charge in [-0.3, -0.25) is 4.79 Å². The second-order valence-electron chi connectivity index (χ2n) is 6.22. The maximum Gasteiger partial charge on any atom is 0.224 e. The van der Waals surface area contributed by atoms with Gasteiger partial charge in [0.25, 0.3) is 0 Å².